The van der Waals surface area contributed by atoms with Crippen LogP contribution in [0.1, 0.15) is 39.5 Å². The van der Waals surface area contributed by atoms with Gasteiger partial charge >= 0.3 is 0 Å². The number of hydrogen-bond acceptors (Lipinski definition) is 4. The van der Waals surface area contributed by atoms with Gasteiger partial charge < -0.3 is 10.6 Å². The molecule has 0 aliphatic carbocycles. The molecule has 0 radical (unpaired) electrons. The highest BCUT2D eigenvalue weighted by Crippen LogP contribution is 2.18. The van der Waals surface area contributed by atoms with Gasteiger partial charge in [-0.05, 0) is 39.2 Å². The van der Waals surface area contributed by atoms with E-state index in [0.717, 1.165) is 25.8 Å². The Labute approximate surface area is 122 Å². The van der Waals surface area contributed by atoms with Crippen LogP contribution in [-0.4, -0.2) is 56.6 Å². The Kier molecular flexibility index (Phi) is 6.42. The number of sulfonamides is 1. The Hall–Kier alpha value is -0.660. The van der Waals surface area contributed by atoms with Gasteiger partial charge in [0.1, 0.15) is 0 Å². The van der Waals surface area contributed by atoms with Crippen LogP contribution in [0.25, 0.3) is 0 Å². The topological polar surface area (TPSA) is 78.5 Å². The second-order valence-corrected chi connectivity index (χ2v) is 7.56. The number of hydrogen-bond donors (Lipinski definition) is 2. The molecule has 1 saturated heterocycles. The van der Waals surface area contributed by atoms with Gasteiger partial charge in [-0.1, -0.05) is 6.92 Å². The lowest BCUT2D eigenvalue weighted by Crippen LogP contribution is -2.57. The highest BCUT2D eigenvalue weighted by molar-refractivity contribution is 7.88. The van der Waals surface area contributed by atoms with Gasteiger partial charge in [-0.15, -0.1) is 0 Å². The maximum Gasteiger partial charge on any atom is 0.240 e. The van der Waals surface area contributed by atoms with Crippen molar-refractivity contribution >= 4 is 15.9 Å². The standard InChI is InChI=1S/C13H27N3O3S/c1-4-16(20(3,18)19)11-7-9-14-12(17)13(2)8-5-6-10-15-13/h15H,4-11H2,1-3H3,(H,14,17). The van der Waals surface area contributed by atoms with Crippen molar-refractivity contribution in [3.05, 3.63) is 0 Å². The van der Waals surface area contributed by atoms with E-state index in [1.807, 2.05) is 13.8 Å². The van der Waals surface area contributed by atoms with Crippen LogP contribution in [0.5, 0.6) is 0 Å². The quantitative estimate of drug-likeness (QED) is 0.663. The summed E-state index contributed by atoms with van der Waals surface area (Å²) in [7, 11) is -3.14. The molecule has 0 aromatic rings. The van der Waals surface area contributed by atoms with Crippen molar-refractivity contribution in [2.24, 2.45) is 0 Å². The maximum absolute atomic E-state index is 12.1. The summed E-state index contributed by atoms with van der Waals surface area (Å²) in [6.45, 7) is 6.03. The van der Waals surface area contributed by atoms with E-state index in [4.69, 9.17) is 0 Å². The van der Waals surface area contributed by atoms with Crippen LogP contribution < -0.4 is 10.6 Å². The molecule has 20 heavy (non-hydrogen) atoms. The van der Waals surface area contributed by atoms with Gasteiger partial charge in [0, 0.05) is 19.6 Å². The van der Waals surface area contributed by atoms with Gasteiger partial charge in [0.05, 0.1) is 11.8 Å². The zero-order chi connectivity index (χ0) is 15.2. The second kappa shape index (κ2) is 7.38. The maximum atomic E-state index is 12.1. The molecule has 6 nitrogen and oxygen atoms in total. The molecule has 7 heteroatoms. The lowest BCUT2D eigenvalue weighted by molar-refractivity contribution is -0.127. The average molecular weight is 305 g/mol. The van der Waals surface area contributed by atoms with Crippen LogP contribution in [0.3, 0.4) is 0 Å². The summed E-state index contributed by atoms with van der Waals surface area (Å²) in [6, 6.07) is 0. The van der Waals surface area contributed by atoms with Crippen LogP contribution in [-0.2, 0) is 14.8 Å². The molecule has 1 aliphatic rings. The smallest absolute Gasteiger partial charge is 0.240 e. The monoisotopic (exact) mass is 305 g/mol. The molecule has 1 atom stereocenters. The van der Waals surface area contributed by atoms with Crippen molar-refractivity contribution in [2.75, 3.05) is 32.4 Å². The van der Waals surface area contributed by atoms with Crippen molar-refractivity contribution in [2.45, 2.75) is 45.1 Å². The van der Waals surface area contributed by atoms with E-state index in [1.165, 1.54) is 10.6 Å². The van der Waals surface area contributed by atoms with Gasteiger partial charge in [0.25, 0.3) is 0 Å². The Morgan fingerprint density at radius 2 is 2.10 bits per heavy atom. The third-order valence-electron chi connectivity index (χ3n) is 3.81. The first-order chi connectivity index (χ1) is 9.29. The van der Waals surface area contributed by atoms with Crippen LogP contribution in [0.15, 0.2) is 0 Å². The molecule has 2 N–H and O–H groups in total. The summed E-state index contributed by atoms with van der Waals surface area (Å²) in [5.41, 5.74) is -0.473. The first kappa shape index (κ1) is 17.4. The molecule has 1 fully saturated rings. The molecule has 0 spiro atoms. The minimum atomic E-state index is -3.14. The summed E-state index contributed by atoms with van der Waals surface area (Å²) in [6.07, 6.45) is 4.87. The number of amides is 1. The molecule has 1 aliphatic heterocycles. The van der Waals surface area contributed by atoms with E-state index < -0.39 is 15.6 Å². The Morgan fingerprint density at radius 3 is 2.60 bits per heavy atom. The molecule has 118 valence electrons. The number of carbonyl (C=O) groups excluding carboxylic acids is 1. The predicted molar refractivity (Wildman–Crippen MR) is 80.0 cm³/mol. The largest absolute Gasteiger partial charge is 0.354 e. The van der Waals surface area contributed by atoms with Gasteiger partial charge in [-0.25, -0.2) is 12.7 Å². The molecule has 1 unspecified atom stereocenters. The first-order valence-electron chi connectivity index (χ1n) is 7.28. The molecule has 0 bridgehead atoms. The molecule has 1 rings (SSSR count). The van der Waals surface area contributed by atoms with Gasteiger partial charge in [-0.2, -0.15) is 0 Å². The van der Waals surface area contributed by atoms with Gasteiger partial charge in [0.15, 0.2) is 0 Å². The van der Waals surface area contributed by atoms with Gasteiger partial charge in [-0.3, -0.25) is 4.79 Å². The zero-order valence-electron chi connectivity index (χ0n) is 12.7. The number of carbonyl (C=O) groups is 1. The number of nitrogens with zero attached hydrogens (tertiary/aromatic N) is 1. The Balaban J connectivity index is 2.32. The predicted octanol–water partition coefficient (Wildman–Crippen LogP) is 0.306. The molecule has 1 amide bonds. The summed E-state index contributed by atoms with van der Waals surface area (Å²) in [5, 5.41) is 6.16. The molecule has 0 saturated carbocycles. The van der Waals surface area contributed by atoms with E-state index in [1.54, 1.807) is 0 Å². The molecule has 0 aromatic heterocycles. The highest BCUT2D eigenvalue weighted by Gasteiger charge is 2.33. The molecule has 0 aromatic carbocycles. The number of rotatable bonds is 7. The Bertz CT molecular complexity index is 417. The van der Waals surface area contributed by atoms with Crippen molar-refractivity contribution < 1.29 is 13.2 Å². The normalized spacial score (nSPS) is 23.8. The van der Waals surface area contributed by atoms with Crippen LogP contribution in [0, 0.1) is 0 Å². The lowest BCUT2D eigenvalue weighted by atomic mass is 9.90. The fraction of sp³-hybridized carbons (Fsp3) is 0.923. The van der Waals surface area contributed by atoms with E-state index in [-0.39, 0.29) is 5.91 Å². The number of nitrogens with one attached hydrogen (secondary N) is 2. The van der Waals surface area contributed by atoms with Crippen LogP contribution in [0.4, 0.5) is 0 Å². The van der Waals surface area contributed by atoms with E-state index >= 15 is 0 Å². The van der Waals surface area contributed by atoms with E-state index in [0.29, 0.717) is 26.1 Å². The zero-order valence-corrected chi connectivity index (χ0v) is 13.6. The number of piperidine rings is 1. The molecular formula is C13H27N3O3S. The lowest BCUT2D eigenvalue weighted by Gasteiger charge is -2.33. The average Bonchev–Trinajstić information content (AvgIpc) is 2.37. The summed E-state index contributed by atoms with van der Waals surface area (Å²) >= 11 is 0. The van der Waals surface area contributed by atoms with Gasteiger partial charge in [0.2, 0.25) is 15.9 Å². The molecule has 1 heterocycles. The third-order valence-corrected chi connectivity index (χ3v) is 5.19. The first-order valence-corrected chi connectivity index (χ1v) is 9.13. The van der Waals surface area contributed by atoms with E-state index in [2.05, 4.69) is 10.6 Å². The van der Waals surface area contributed by atoms with Crippen LogP contribution in [0.2, 0.25) is 0 Å². The summed E-state index contributed by atoms with van der Waals surface area (Å²) in [4.78, 5) is 12.1. The minimum absolute atomic E-state index is 0.0135. The fourth-order valence-electron chi connectivity index (χ4n) is 2.46. The SMILES string of the molecule is CCN(CCCNC(=O)C1(C)CCCCN1)S(C)(=O)=O. The second-order valence-electron chi connectivity index (χ2n) is 5.58. The van der Waals surface area contributed by atoms with Crippen molar-refractivity contribution in [3.8, 4) is 0 Å². The summed E-state index contributed by atoms with van der Waals surface area (Å²) < 4.78 is 24.3. The van der Waals surface area contributed by atoms with Crippen LogP contribution >= 0.6 is 0 Å². The van der Waals surface area contributed by atoms with Crippen molar-refractivity contribution in [1.29, 1.82) is 0 Å². The minimum Gasteiger partial charge on any atom is -0.354 e. The highest BCUT2D eigenvalue weighted by atomic mass is 32.2. The third kappa shape index (κ3) is 5.03. The molecular weight excluding hydrogens is 278 g/mol. The Morgan fingerprint density at radius 1 is 1.40 bits per heavy atom. The van der Waals surface area contributed by atoms with E-state index in [9.17, 15) is 13.2 Å². The summed E-state index contributed by atoms with van der Waals surface area (Å²) in [5.74, 6) is 0.0135. The fourth-order valence-corrected chi connectivity index (χ4v) is 3.39. The van der Waals surface area contributed by atoms with Crippen molar-refractivity contribution in [1.82, 2.24) is 14.9 Å². The van der Waals surface area contributed by atoms with Crippen molar-refractivity contribution in [3.63, 3.8) is 0 Å².